The third kappa shape index (κ3) is 7.59. The van der Waals surface area contributed by atoms with E-state index in [1.165, 1.54) is 6.42 Å². The Morgan fingerprint density at radius 1 is 1.23 bits per heavy atom. The molecule has 1 saturated carbocycles. The molecule has 2 fully saturated rings. The number of hydrogen-bond donors (Lipinski definition) is 1. The highest BCUT2D eigenvalue weighted by Crippen LogP contribution is 2.39. The van der Waals surface area contributed by atoms with Crippen molar-refractivity contribution in [1.82, 2.24) is 9.80 Å². The van der Waals surface area contributed by atoms with Crippen LogP contribution in [0.2, 0.25) is 0 Å². The molecule has 1 amide bonds. The van der Waals surface area contributed by atoms with Gasteiger partial charge in [0, 0.05) is 32.7 Å². The number of β-amino-alcohol motifs (C(OH)–C–C–N with tert-alkyl or cyclic N) is 1. The van der Waals surface area contributed by atoms with E-state index < -0.39 is 6.10 Å². The monoisotopic (exact) mass is 392 g/mol. The highest BCUT2D eigenvalue weighted by molar-refractivity contribution is 5.85. The molecular formula is C19H37ClN2O4. The minimum absolute atomic E-state index is 0. The summed E-state index contributed by atoms with van der Waals surface area (Å²) in [5.74, 6) is 0.682. The van der Waals surface area contributed by atoms with Gasteiger partial charge in [-0.15, -0.1) is 12.4 Å². The van der Waals surface area contributed by atoms with Gasteiger partial charge in [-0.05, 0) is 37.5 Å². The van der Waals surface area contributed by atoms with Crippen LogP contribution in [-0.2, 0) is 9.47 Å². The third-order valence-corrected chi connectivity index (χ3v) is 5.24. The van der Waals surface area contributed by atoms with Crippen LogP contribution >= 0.6 is 12.4 Å². The molecule has 154 valence electrons. The van der Waals surface area contributed by atoms with E-state index in [0.717, 1.165) is 25.9 Å². The van der Waals surface area contributed by atoms with Crippen molar-refractivity contribution in [2.75, 3.05) is 45.9 Å². The van der Waals surface area contributed by atoms with Crippen LogP contribution in [0.5, 0.6) is 0 Å². The van der Waals surface area contributed by atoms with Crippen molar-refractivity contribution in [3.8, 4) is 0 Å². The minimum Gasteiger partial charge on any atom is -0.450 e. The zero-order chi connectivity index (χ0) is 18.4. The normalized spacial score (nSPS) is 27.5. The molecule has 1 N–H and O–H groups in total. The number of carbonyl (C=O) groups excluding carboxylic acids is 1. The first kappa shape index (κ1) is 23.5. The van der Waals surface area contributed by atoms with Crippen molar-refractivity contribution in [2.24, 2.45) is 11.3 Å². The molecule has 26 heavy (non-hydrogen) atoms. The molecule has 0 spiro atoms. The van der Waals surface area contributed by atoms with Crippen LogP contribution < -0.4 is 0 Å². The van der Waals surface area contributed by atoms with Crippen molar-refractivity contribution >= 4 is 18.5 Å². The molecule has 3 atom stereocenters. The summed E-state index contributed by atoms with van der Waals surface area (Å²) in [5.41, 5.74) is 0.330. The average Bonchev–Trinajstić information content (AvgIpc) is 2.52. The Morgan fingerprint density at radius 2 is 1.88 bits per heavy atom. The molecule has 2 aliphatic rings. The summed E-state index contributed by atoms with van der Waals surface area (Å²) >= 11 is 0. The van der Waals surface area contributed by atoms with E-state index >= 15 is 0 Å². The van der Waals surface area contributed by atoms with Gasteiger partial charge in [0.2, 0.25) is 0 Å². The van der Waals surface area contributed by atoms with Gasteiger partial charge in [0.05, 0.1) is 25.4 Å². The Bertz CT molecular complexity index is 428. The first-order chi connectivity index (χ1) is 11.8. The van der Waals surface area contributed by atoms with E-state index in [-0.39, 0.29) is 24.6 Å². The molecule has 1 heterocycles. The largest absolute Gasteiger partial charge is 0.450 e. The van der Waals surface area contributed by atoms with Gasteiger partial charge >= 0.3 is 6.09 Å². The molecule has 2 rings (SSSR count). The van der Waals surface area contributed by atoms with Crippen molar-refractivity contribution in [1.29, 1.82) is 0 Å². The van der Waals surface area contributed by atoms with Crippen molar-refractivity contribution in [3.63, 3.8) is 0 Å². The second-order valence-corrected chi connectivity index (χ2v) is 8.51. The maximum Gasteiger partial charge on any atom is 0.409 e. The number of aliphatic hydroxyl groups is 1. The summed E-state index contributed by atoms with van der Waals surface area (Å²) in [6.07, 6.45) is 2.96. The first-order valence-electron chi connectivity index (χ1n) is 9.73. The van der Waals surface area contributed by atoms with Crippen LogP contribution in [0.25, 0.3) is 0 Å². The quantitative estimate of drug-likeness (QED) is 0.753. The number of halogens is 1. The van der Waals surface area contributed by atoms with Gasteiger partial charge in [0.15, 0.2) is 0 Å². The van der Waals surface area contributed by atoms with Crippen LogP contribution in [0.1, 0.15) is 47.0 Å². The molecule has 0 aromatic heterocycles. The van der Waals surface area contributed by atoms with Crippen LogP contribution in [0.15, 0.2) is 0 Å². The fourth-order valence-corrected chi connectivity index (χ4v) is 4.31. The number of amides is 1. The van der Waals surface area contributed by atoms with Crippen LogP contribution in [-0.4, -0.2) is 79.1 Å². The molecule has 0 radical (unpaired) electrons. The summed E-state index contributed by atoms with van der Waals surface area (Å²) < 4.78 is 11.1. The van der Waals surface area contributed by atoms with Gasteiger partial charge in [-0.2, -0.15) is 0 Å². The van der Waals surface area contributed by atoms with Gasteiger partial charge in [-0.3, -0.25) is 4.90 Å². The second-order valence-electron chi connectivity index (χ2n) is 8.51. The van der Waals surface area contributed by atoms with Gasteiger partial charge in [0.1, 0.15) is 0 Å². The van der Waals surface area contributed by atoms with Gasteiger partial charge in [0.25, 0.3) is 0 Å². The standard InChI is InChI=1S/C19H36N2O4.ClH/c1-5-24-18(23)21-8-6-20(7-9-21)13-16(22)14-25-17-10-15(2)11-19(3,4)12-17;/h15-17,22H,5-14H2,1-4H3;1H. The lowest BCUT2D eigenvalue weighted by Gasteiger charge is -2.39. The number of hydrogen-bond acceptors (Lipinski definition) is 5. The topological polar surface area (TPSA) is 62.2 Å². The third-order valence-electron chi connectivity index (χ3n) is 5.24. The Labute approximate surface area is 164 Å². The maximum absolute atomic E-state index is 11.7. The number of nitrogens with zero attached hydrogens (tertiary/aromatic N) is 2. The van der Waals surface area contributed by atoms with Gasteiger partial charge in [-0.25, -0.2) is 4.79 Å². The molecule has 6 nitrogen and oxygen atoms in total. The Hall–Kier alpha value is -0.560. The molecule has 7 heteroatoms. The summed E-state index contributed by atoms with van der Waals surface area (Å²) in [4.78, 5) is 15.6. The van der Waals surface area contributed by atoms with E-state index in [0.29, 0.717) is 44.2 Å². The zero-order valence-electron chi connectivity index (χ0n) is 16.8. The van der Waals surface area contributed by atoms with E-state index in [4.69, 9.17) is 9.47 Å². The van der Waals surface area contributed by atoms with E-state index in [1.807, 2.05) is 6.92 Å². The molecule has 1 aliphatic carbocycles. The van der Waals surface area contributed by atoms with Crippen molar-refractivity contribution in [2.45, 2.75) is 59.2 Å². The fraction of sp³-hybridized carbons (Fsp3) is 0.947. The number of carbonyl (C=O) groups is 1. The number of rotatable bonds is 6. The average molecular weight is 393 g/mol. The van der Waals surface area contributed by atoms with Crippen LogP contribution in [0.4, 0.5) is 4.79 Å². The van der Waals surface area contributed by atoms with Gasteiger partial charge < -0.3 is 19.5 Å². The zero-order valence-corrected chi connectivity index (χ0v) is 17.6. The number of aliphatic hydroxyl groups excluding tert-OH is 1. The predicted molar refractivity (Wildman–Crippen MR) is 105 cm³/mol. The summed E-state index contributed by atoms with van der Waals surface area (Å²) in [7, 11) is 0. The van der Waals surface area contributed by atoms with E-state index in [2.05, 4.69) is 25.7 Å². The molecule has 3 unspecified atom stereocenters. The van der Waals surface area contributed by atoms with Crippen LogP contribution in [0.3, 0.4) is 0 Å². The second kappa shape index (κ2) is 10.7. The molecule has 0 aromatic rings. The summed E-state index contributed by atoms with van der Waals surface area (Å²) in [6.45, 7) is 13.0. The van der Waals surface area contributed by atoms with Crippen LogP contribution in [0, 0.1) is 11.3 Å². The predicted octanol–water partition coefficient (Wildman–Crippen LogP) is 2.77. The Morgan fingerprint density at radius 3 is 2.46 bits per heavy atom. The molecule has 1 saturated heterocycles. The SMILES string of the molecule is CCOC(=O)N1CCN(CC(O)COC2CC(C)CC(C)(C)C2)CC1.Cl. The molecule has 0 bridgehead atoms. The number of ether oxygens (including phenoxy) is 2. The minimum atomic E-state index is -0.477. The van der Waals surface area contributed by atoms with Gasteiger partial charge in [-0.1, -0.05) is 20.8 Å². The molecular weight excluding hydrogens is 356 g/mol. The van der Waals surface area contributed by atoms with Crippen molar-refractivity contribution in [3.05, 3.63) is 0 Å². The van der Waals surface area contributed by atoms with E-state index in [1.54, 1.807) is 4.90 Å². The highest BCUT2D eigenvalue weighted by Gasteiger charge is 2.33. The van der Waals surface area contributed by atoms with E-state index in [9.17, 15) is 9.90 Å². The lowest BCUT2D eigenvalue weighted by molar-refractivity contribution is -0.0631. The number of piperazine rings is 1. The lowest BCUT2D eigenvalue weighted by atomic mass is 9.71. The van der Waals surface area contributed by atoms with Crippen molar-refractivity contribution < 1.29 is 19.4 Å². The molecule has 0 aromatic carbocycles. The molecule has 1 aliphatic heterocycles. The highest BCUT2D eigenvalue weighted by atomic mass is 35.5. The summed E-state index contributed by atoms with van der Waals surface area (Å²) in [6, 6.07) is 0. The first-order valence-corrected chi connectivity index (χ1v) is 9.73. The lowest BCUT2D eigenvalue weighted by Crippen LogP contribution is -2.51. The smallest absolute Gasteiger partial charge is 0.409 e. The Balaban J connectivity index is 0.00000338. The Kier molecular flexibility index (Phi) is 9.65. The fourth-order valence-electron chi connectivity index (χ4n) is 4.31. The maximum atomic E-state index is 11.7. The summed E-state index contributed by atoms with van der Waals surface area (Å²) in [5, 5.41) is 10.3.